The minimum Gasteiger partial charge on any atom is -0.453 e. The second kappa shape index (κ2) is 44.7. The molecule has 2 rings (SSSR count). The molecule has 73 heavy (non-hydrogen) atoms. The number of carbonyl (C=O) groups is 2. The highest BCUT2D eigenvalue weighted by Gasteiger charge is 2.55. The zero-order valence-corrected chi connectivity index (χ0v) is 46.2. The Balaban J connectivity index is 2.12. The van der Waals surface area contributed by atoms with E-state index in [1.54, 1.807) is 6.92 Å². The van der Waals surface area contributed by atoms with Crippen LogP contribution >= 0.6 is 24.6 Å². The van der Waals surface area contributed by atoms with Crippen molar-refractivity contribution in [2.24, 2.45) is 5.92 Å². The molecule has 19 nitrogen and oxygen atoms in total. The fourth-order valence-corrected chi connectivity index (χ4v) is 10.1. The molecule has 0 radical (unpaired) electrons. The van der Waals surface area contributed by atoms with E-state index in [4.69, 9.17) is 42.6 Å². The Labute approximate surface area is 445 Å². The molecule has 6 N–H and O–H groups in total. The lowest BCUT2D eigenvalue weighted by atomic mass is 9.97. The Bertz CT molecular complexity index is 1370. The molecule has 2 aliphatic rings. The van der Waals surface area contributed by atoms with Gasteiger partial charge in [-0.3, -0.25) is 13.2 Å². The molecule has 0 aromatic heterocycles. The average Bonchev–Trinajstić information content (AvgIpc) is 3.38. The maximum Gasteiger partial charge on any atom is 0.333 e. The lowest BCUT2D eigenvalue weighted by molar-refractivity contribution is -0.436. The van der Waals surface area contributed by atoms with Crippen LogP contribution in [-0.2, 0) is 60.4 Å². The summed E-state index contributed by atoms with van der Waals surface area (Å²) < 4.78 is 49.4. The van der Waals surface area contributed by atoms with Gasteiger partial charge in [0.2, 0.25) is 6.29 Å². The third-order valence-electron chi connectivity index (χ3n) is 13.6. The Morgan fingerprint density at radius 1 is 0.534 bits per heavy atom. The molecule has 21 heteroatoms. The van der Waals surface area contributed by atoms with Crippen LogP contribution < -0.4 is 0 Å². The van der Waals surface area contributed by atoms with Crippen molar-refractivity contribution in [2.45, 2.75) is 288 Å². The van der Waals surface area contributed by atoms with Gasteiger partial charge in [-0.2, -0.15) is 0 Å². The van der Waals surface area contributed by atoms with Gasteiger partial charge in [0.05, 0.1) is 13.2 Å². The van der Waals surface area contributed by atoms with E-state index in [0.717, 1.165) is 51.4 Å². The molecule has 11 atom stereocenters. The lowest BCUT2D eigenvalue weighted by Gasteiger charge is -2.46. The molecular formula is C52H96O19S2. The average molecular weight is 1090 g/mol. The smallest absolute Gasteiger partial charge is 0.333 e. The minimum absolute atomic E-state index is 0.0172. The second-order valence-corrected chi connectivity index (χ2v) is 20.8. The highest BCUT2D eigenvalue weighted by atomic mass is 32.2. The summed E-state index contributed by atoms with van der Waals surface area (Å²) in [4.78, 5) is 27.5. The van der Waals surface area contributed by atoms with Gasteiger partial charge in [0.15, 0.2) is 49.2 Å². The zero-order valence-electron chi connectivity index (χ0n) is 44.6. The number of ether oxygens (including phenoxy) is 5. The fraction of sp³-hybridized carbons (Fsp3) is 0.923. The number of rotatable bonds is 47. The van der Waals surface area contributed by atoms with Crippen LogP contribution in [0, 0.1) is 5.92 Å². The normalized spacial score (nSPS) is 25.0. The van der Waals surface area contributed by atoms with E-state index >= 15 is 0 Å². The van der Waals surface area contributed by atoms with E-state index in [2.05, 4.69) is 32.6 Å². The van der Waals surface area contributed by atoms with Gasteiger partial charge in [-0.05, 0) is 25.7 Å². The molecule has 2 fully saturated rings. The van der Waals surface area contributed by atoms with Crippen LogP contribution in [0.4, 0.5) is 0 Å². The quantitative estimate of drug-likeness (QED) is 0.00827. The third-order valence-corrected chi connectivity index (χ3v) is 14.5. The standard InChI is InChI=1S/C52H96O19S2/c1-5-7-9-11-13-15-17-19-20-21-23-24-26-28-30-32-34-39(3)36-40(4)50(58)64-46-44(56)41(37-53)61-51(48(46)63-43(55)35-33-31-29-27-25-22-18-16-14-12-10-8-6-2)65-52-49(67-73-71-69-60)47(66-72-70-68-59)45(57)42(38-54)62-52/h36,39,41-42,44-49,51-54,56-57,59-60H,5-35,37-38H2,1-4H3/t39-,41?,42?,44?,45?,46?,47?,48?,49?,51?,52?/m0/s1. The number of esters is 2. The topological polar surface area (TPSA) is 257 Å². The maximum atomic E-state index is 13.8. The van der Waals surface area contributed by atoms with Crippen LogP contribution in [0.5, 0.6) is 0 Å². The third kappa shape index (κ3) is 29.9. The first-order chi connectivity index (χ1) is 35.6. The Morgan fingerprint density at radius 3 is 1.34 bits per heavy atom. The molecule has 2 saturated heterocycles. The van der Waals surface area contributed by atoms with Crippen LogP contribution in [0.1, 0.15) is 227 Å². The van der Waals surface area contributed by atoms with Crippen molar-refractivity contribution >= 4 is 36.6 Å². The van der Waals surface area contributed by atoms with Crippen LogP contribution in [-0.4, -0.2) is 118 Å². The number of hydrogen-bond donors (Lipinski definition) is 6. The van der Waals surface area contributed by atoms with Crippen molar-refractivity contribution in [2.75, 3.05) is 13.2 Å². The Kier molecular flexibility index (Phi) is 41.6. The van der Waals surface area contributed by atoms with Gasteiger partial charge in [0.25, 0.3) is 0 Å². The molecule has 0 aromatic rings. The van der Waals surface area contributed by atoms with Gasteiger partial charge < -0.3 is 44.1 Å². The molecule has 0 aromatic carbocycles. The summed E-state index contributed by atoms with van der Waals surface area (Å²) in [5.41, 5.74) is 0.260. The highest BCUT2D eigenvalue weighted by Crippen LogP contribution is 2.36. The molecule has 0 amide bonds. The molecule has 10 unspecified atom stereocenters. The predicted octanol–water partition coefficient (Wildman–Crippen LogP) is 11.4. The number of hydrogen-bond acceptors (Lipinski definition) is 21. The second-order valence-electron chi connectivity index (χ2n) is 19.8. The highest BCUT2D eigenvalue weighted by molar-refractivity contribution is 7.90. The van der Waals surface area contributed by atoms with Gasteiger partial charge >= 0.3 is 11.9 Å². The van der Waals surface area contributed by atoms with Crippen LogP contribution in [0.3, 0.4) is 0 Å². The Morgan fingerprint density at radius 2 is 0.918 bits per heavy atom. The number of carbonyl (C=O) groups excluding carboxylic acids is 2. The fourth-order valence-electron chi connectivity index (χ4n) is 9.36. The van der Waals surface area contributed by atoms with E-state index in [9.17, 15) is 30.0 Å². The first kappa shape index (κ1) is 67.9. The predicted molar refractivity (Wildman–Crippen MR) is 276 cm³/mol. The van der Waals surface area contributed by atoms with Crippen molar-refractivity contribution in [1.29, 1.82) is 0 Å². The monoisotopic (exact) mass is 1090 g/mol. The number of aliphatic hydroxyl groups excluding tert-OH is 4. The van der Waals surface area contributed by atoms with Crippen LogP contribution in [0.25, 0.3) is 0 Å². The SMILES string of the molecule is CCCCCCCCCCCCCCCCCC[C@H](C)C=C(C)C(=O)OC1C(O)C(CO)OC(OC2OC(CO)C(O)C(OSOOO)C2OSOOO)C1OC(=O)CCCCCCCCCCCCCCC. The largest absolute Gasteiger partial charge is 0.453 e. The van der Waals surface area contributed by atoms with Crippen molar-refractivity contribution in [3.8, 4) is 0 Å². The molecule has 2 heterocycles. The summed E-state index contributed by atoms with van der Waals surface area (Å²) >= 11 is 0.113. The van der Waals surface area contributed by atoms with Crippen molar-refractivity contribution < 1.29 is 91.3 Å². The van der Waals surface area contributed by atoms with Gasteiger partial charge in [0, 0.05) is 12.0 Å². The molecular weight excluding hydrogens is 993 g/mol. The number of unbranched alkanes of at least 4 members (excludes halogenated alkanes) is 27. The van der Waals surface area contributed by atoms with E-state index in [0.29, 0.717) is 6.42 Å². The number of allylic oxidation sites excluding steroid dienone is 1. The molecule has 0 saturated carbocycles. The van der Waals surface area contributed by atoms with Gasteiger partial charge in [-0.15, -0.1) is 8.67 Å². The molecule has 0 bridgehead atoms. The number of aliphatic hydroxyl groups is 4. The van der Waals surface area contributed by atoms with E-state index in [-0.39, 0.29) is 42.6 Å². The summed E-state index contributed by atoms with van der Waals surface area (Å²) in [5.74, 6) is -1.47. The lowest BCUT2D eigenvalue weighted by Crippen LogP contribution is -2.65. The van der Waals surface area contributed by atoms with Crippen molar-refractivity contribution in [3.05, 3.63) is 11.6 Å². The van der Waals surface area contributed by atoms with Crippen LogP contribution in [0.15, 0.2) is 11.6 Å². The summed E-state index contributed by atoms with van der Waals surface area (Å²) in [5, 5.41) is 67.7. The maximum absolute atomic E-state index is 13.8. The summed E-state index contributed by atoms with van der Waals surface area (Å²) in [6, 6.07) is 0. The zero-order chi connectivity index (χ0) is 53.3. The van der Waals surface area contributed by atoms with Crippen molar-refractivity contribution in [3.63, 3.8) is 0 Å². The minimum atomic E-state index is -1.76. The van der Waals surface area contributed by atoms with Gasteiger partial charge in [-0.1, -0.05) is 217 Å². The molecule has 0 spiro atoms. The van der Waals surface area contributed by atoms with Crippen molar-refractivity contribution in [1.82, 2.24) is 0 Å². The van der Waals surface area contributed by atoms with Gasteiger partial charge in [0.1, 0.15) is 30.5 Å². The van der Waals surface area contributed by atoms with E-state index in [1.807, 2.05) is 13.0 Å². The molecule has 2 aliphatic heterocycles. The summed E-state index contributed by atoms with van der Waals surface area (Å²) in [7, 11) is 0. The first-order valence-corrected chi connectivity index (χ1v) is 29.1. The van der Waals surface area contributed by atoms with E-state index in [1.165, 1.54) is 135 Å². The van der Waals surface area contributed by atoms with Crippen LogP contribution in [0.2, 0.25) is 0 Å². The van der Waals surface area contributed by atoms with Gasteiger partial charge in [-0.25, -0.2) is 15.3 Å². The summed E-state index contributed by atoms with van der Waals surface area (Å²) in [6.07, 6.45) is 21.4. The Hall–Kier alpha value is -1.22. The molecule has 430 valence electrons. The molecule has 0 aliphatic carbocycles. The van der Waals surface area contributed by atoms with E-state index < -0.39 is 86.6 Å². The summed E-state index contributed by atoms with van der Waals surface area (Å²) in [6.45, 7) is 6.52. The first-order valence-electron chi connectivity index (χ1n) is 27.8.